The van der Waals surface area contributed by atoms with Gasteiger partial charge in [0, 0.05) is 6.42 Å². The molecule has 0 aromatic heterocycles. The molecule has 13 heavy (non-hydrogen) atoms. The van der Waals surface area contributed by atoms with Crippen molar-refractivity contribution in [2.24, 2.45) is 0 Å². The average molecular weight is 199 g/mol. The highest BCUT2D eigenvalue weighted by Gasteiger charge is 2.30. The lowest BCUT2D eigenvalue weighted by Crippen LogP contribution is -2.30. The van der Waals surface area contributed by atoms with E-state index in [9.17, 15) is 4.79 Å². The summed E-state index contributed by atoms with van der Waals surface area (Å²) >= 11 is 5.81. The van der Waals surface area contributed by atoms with Gasteiger partial charge in [0.15, 0.2) is 0 Å². The van der Waals surface area contributed by atoms with Gasteiger partial charge in [0.2, 0.25) is 0 Å². The third kappa shape index (κ3) is 2.74. The zero-order valence-electron chi connectivity index (χ0n) is 7.33. The molecule has 1 aromatic carbocycles. The van der Waals surface area contributed by atoms with Crippen molar-refractivity contribution in [1.29, 1.82) is 0 Å². The molecule has 1 atom stereocenters. The van der Waals surface area contributed by atoms with Gasteiger partial charge in [0.05, 0.1) is 0 Å². The summed E-state index contributed by atoms with van der Waals surface area (Å²) in [6.07, 6.45) is 0.338. The fourth-order valence-corrected chi connectivity index (χ4v) is 1.21. The molecular formula is C10H11ClO2. The van der Waals surface area contributed by atoms with E-state index in [1.165, 1.54) is 6.92 Å². The van der Waals surface area contributed by atoms with Crippen LogP contribution in [-0.2, 0) is 11.2 Å². The lowest BCUT2D eigenvalue weighted by Gasteiger charge is -2.15. The summed E-state index contributed by atoms with van der Waals surface area (Å²) < 4.78 is 0. The molecule has 0 saturated carbocycles. The Bertz CT molecular complexity index is 293. The Morgan fingerprint density at radius 2 is 2.00 bits per heavy atom. The van der Waals surface area contributed by atoms with Crippen LogP contribution in [0.5, 0.6) is 0 Å². The minimum absolute atomic E-state index is 0.338. The van der Waals surface area contributed by atoms with Gasteiger partial charge in [-0.25, -0.2) is 0 Å². The quantitative estimate of drug-likeness (QED) is 0.757. The minimum Gasteiger partial charge on any atom is -0.480 e. The van der Waals surface area contributed by atoms with Gasteiger partial charge in [-0.15, -0.1) is 11.6 Å². The molecule has 0 amide bonds. The lowest BCUT2D eigenvalue weighted by atomic mass is 10.0. The highest BCUT2D eigenvalue weighted by Crippen LogP contribution is 2.20. The van der Waals surface area contributed by atoms with Crippen LogP contribution >= 0.6 is 11.6 Å². The second kappa shape index (κ2) is 3.79. The molecule has 0 bridgehead atoms. The first-order valence-corrected chi connectivity index (χ1v) is 4.36. The number of carbonyl (C=O) groups is 1. The second-order valence-corrected chi connectivity index (χ2v) is 4.00. The fraction of sp³-hybridized carbons (Fsp3) is 0.300. The number of carboxylic acid groups (broad SMARTS) is 1. The Kier molecular flexibility index (Phi) is 2.94. The molecule has 0 saturated heterocycles. The van der Waals surface area contributed by atoms with Crippen molar-refractivity contribution in [3.05, 3.63) is 35.9 Å². The molecule has 1 aromatic rings. The number of benzene rings is 1. The highest BCUT2D eigenvalue weighted by molar-refractivity contribution is 6.33. The zero-order valence-corrected chi connectivity index (χ0v) is 8.08. The third-order valence-corrected chi connectivity index (χ3v) is 2.12. The van der Waals surface area contributed by atoms with E-state index in [0.29, 0.717) is 6.42 Å². The predicted molar refractivity (Wildman–Crippen MR) is 52.0 cm³/mol. The van der Waals surface area contributed by atoms with E-state index in [2.05, 4.69) is 0 Å². The van der Waals surface area contributed by atoms with Crippen LogP contribution in [0, 0.1) is 0 Å². The lowest BCUT2D eigenvalue weighted by molar-refractivity contribution is -0.139. The van der Waals surface area contributed by atoms with Crippen LogP contribution in [0.25, 0.3) is 0 Å². The summed E-state index contributed by atoms with van der Waals surface area (Å²) in [6, 6.07) is 9.34. The molecule has 1 rings (SSSR count). The van der Waals surface area contributed by atoms with Gasteiger partial charge in [0.25, 0.3) is 0 Å². The molecule has 1 N–H and O–H groups in total. The summed E-state index contributed by atoms with van der Waals surface area (Å²) in [6.45, 7) is 1.50. The van der Waals surface area contributed by atoms with Crippen molar-refractivity contribution in [1.82, 2.24) is 0 Å². The smallest absolute Gasteiger partial charge is 0.324 e. The maximum atomic E-state index is 10.7. The standard InChI is InChI=1S/C10H11ClO2/c1-10(11,9(12)13)7-8-5-3-2-4-6-8/h2-6H,7H2,1H3,(H,12,13). The average Bonchev–Trinajstić information content (AvgIpc) is 2.05. The molecular weight excluding hydrogens is 188 g/mol. The Hall–Kier alpha value is -1.02. The van der Waals surface area contributed by atoms with Gasteiger partial charge in [0.1, 0.15) is 4.87 Å². The number of hydrogen-bond acceptors (Lipinski definition) is 1. The molecule has 0 aliphatic carbocycles. The first-order chi connectivity index (χ1) is 6.02. The summed E-state index contributed by atoms with van der Waals surface area (Å²) in [7, 11) is 0. The van der Waals surface area contributed by atoms with Gasteiger partial charge in [-0.1, -0.05) is 30.3 Å². The van der Waals surface area contributed by atoms with Gasteiger partial charge in [-0.2, -0.15) is 0 Å². The predicted octanol–water partition coefficient (Wildman–Crippen LogP) is 2.31. The van der Waals surface area contributed by atoms with Crippen LogP contribution in [-0.4, -0.2) is 16.0 Å². The molecule has 1 unspecified atom stereocenters. The van der Waals surface area contributed by atoms with E-state index in [4.69, 9.17) is 16.7 Å². The van der Waals surface area contributed by atoms with Crippen LogP contribution in [0.4, 0.5) is 0 Å². The van der Waals surface area contributed by atoms with E-state index in [1.807, 2.05) is 30.3 Å². The van der Waals surface area contributed by atoms with Crippen molar-refractivity contribution in [3.8, 4) is 0 Å². The van der Waals surface area contributed by atoms with Crippen LogP contribution in [0.2, 0.25) is 0 Å². The molecule has 0 aliphatic rings. The van der Waals surface area contributed by atoms with E-state index in [0.717, 1.165) is 5.56 Å². The van der Waals surface area contributed by atoms with Gasteiger partial charge >= 0.3 is 5.97 Å². The molecule has 0 heterocycles. The van der Waals surface area contributed by atoms with Crippen molar-refractivity contribution < 1.29 is 9.90 Å². The molecule has 0 fully saturated rings. The molecule has 0 aliphatic heterocycles. The summed E-state index contributed by atoms with van der Waals surface area (Å²) in [5, 5.41) is 8.77. The van der Waals surface area contributed by atoms with Crippen LogP contribution in [0.15, 0.2) is 30.3 Å². The molecule has 2 nitrogen and oxygen atoms in total. The fourth-order valence-electron chi connectivity index (χ4n) is 1.05. The van der Waals surface area contributed by atoms with E-state index in [-0.39, 0.29) is 0 Å². The first-order valence-electron chi connectivity index (χ1n) is 3.98. The minimum atomic E-state index is -1.21. The number of carboxylic acids is 1. The Balaban J connectivity index is 2.75. The topological polar surface area (TPSA) is 37.3 Å². The van der Waals surface area contributed by atoms with E-state index in [1.54, 1.807) is 0 Å². The second-order valence-electron chi connectivity index (χ2n) is 3.16. The molecule has 70 valence electrons. The highest BCUT2D eigenvalue weighted by atomic mass is 35.5. The van der Waals surface area contributed by atoms with Crippen molar-refractivity contribution >= 4 is 17.6 Å². The van der Waals surface area contributed by atoms with Crippen LogP contribution in [0.3, 0.4) is 0 Å². The van der Waals surface area contributed by atoms with Gasteiger partial charge < -0.3 is 5.11 Å². The number of hydrogen-bond donors (Lipinski definition) is 1. The zero-order chi connectivity index (χ0) is 9.90. The Morgan fingerprint density at radius 1 is 1.46 bits per heavy atom. The number of rotatable bonds is 3. The Labute approximate surface area is 82.2 Å². The monoisotopic (exact) mass is 198 g/mol. The van der Waals surface area contributed by atoms with Gasteiger partial charge in [-0.3, -0.25) is 4.79 Å². The SMILES string of the molecule is CC(Cl)(Cc1ccccc1)C(=O)O. The maximum absolute atomic E-state index is 10.7. The molecule has 3 heteroatoms. The van der Waals surface area contributed by atoms with Crippen molar-refractivity contribution in [3.63, 3.8) is 0 Å². The molecule has 0 spiro atoms. The number of halogens is 1. The summed E-state index contributed by atoms with van der Waals surface area (Å²) in [5.74, 6) is -0.988. The normalized spacial score (nSPS) is 14.9. The van der Waals surface area contributed by atoms with Gasteiger partial charge in [-0.05, 0) is 12.5 Å². The van der Waals surface area contributed by atoms with E-state index < -0.39 is 10.8 Å². The molecule has 0 radical (unpaired) electrons. The van der Waals surface area contributed by atoms with Crippen molar-refractivity contribution in [2.75, 3.05) is 0 Å². The first kappa shape index (κ1) is 10.1. The largest absolute Gasteiger partial charge is 0.480 e. The van der Waals surface area contributed by atoms with Crippen LogP contribution < -0.4 is 0 Å². The van der Waals surface area contributed by atoms with Crippen LogP contribution in [0.1, 0.15) is 12.5 Å². The van der Waals surface area contributed by atoms with E-state index >= 15 is 0 Å². The maximum Gasteiger partial charge on any atom is 0.324 e. The Morgan fingerprint density at radius 3 is 2.46 bits per heavy atom. The third-order valence-electron chi connectivity index (χ3n) is 1.82. The summed E-state index contributed by atoms with van der Waals surface area (Å²) in [5.41, 5.74) is 0.933. The number of alkyl halides is 1. The summed E-state index contributed by atoms with van der Waals surface area (Å²) in [4.78, 5) is 9.49. The van der Waals surface area contributed by atoms with Crippen molar-refractivity contribution in [2.45, 2.75) is 18.2 Å². The number of aliphatic carboxylic acids is 1.